The molecular formula is C21H21N3O3. The second-order valence-electron chi connectivity index (χ2n) is 6.50. The van der Waals surface area contributed by atoms with Crippen molar-refractivity contribution in [1.82, 2.24) is 15.5 Å². The molecule has 0 bridgehead atoms. The normalized spacial score (nSPS) is 15.3. The van der Waals surface area contributed by atoms with Crippen LogP contribution in [-0.2, 0) is 6.42 Å². The quantitative estimate of drug-likeness (QED) is 0.727. The third-order valence-corrected chi connectivity index (χ3v) is 4.95. The van der Waals surface area contributed by atoms with Crippen LogP contribution in [0.3, 0.4) is 0 Å². The summed E-state index contributed by atoms with van der Waals surface area (Å²) in [4.78, 5) is 12.7. The van der Waals surface area contributed by atoms with E-state index in [4.69, 9.17) is 9.47 Å². The fourth-order valence-electron chi connectivity index (χ4n) is 3.53. The number of ether oxygens (including phenoxy) is 2. The van der Waals surface area contributed by atoms with E-state index in [2.05, 4.69) is 27.6 Å². The zero-order chi connectivity index (χ0) is 18.8. The van der Waals surface area contributed by atoms with Crippen molar-refractivity contribution < 1.29 is 14.3 Å². The summed E-state index contributed by atoms with van der Waals surface area (Å²) >= 11 is 0. The van der Waals surface area contributed by atoms with Gasteiger partial charge in [0, 0.05) is 11.6 Å². The summed E-state index contributed by atoms with van der Waals surface area (Å²) in [6, 6.07) is 15.5. The zero-order valence-corrected chi connectivity index (χ0v) is 15.3. The third-order valence-electron chi connectivity index (χ3n) is 4.95. The Balaban J connectivity index is 1.54. The van der Waals surface area contributed by atoms with Crippen LogP contribution in [0.15, 0.2) is 48.5 Å². The highest BCUT2D eigenvalue weighted by atomic mass is 16.5. The Morgan fingerprint density at radius 3 is 2.81 bits per heavy atom. The Kier molecular flexibility index (Phi) is 4.54. The molecule has 0 radical (unpaired) electrons. The summed E-state index contributed by atoms with van der Waals surface area (Å²) < 4.78 is 10.6. The number of hydrogen-bond donors (Lipinski definition) is 2. The lowest BCUT2D eigenvalue weighted by Gasteiger charge is -2.13. The van der Waals surface area contributed by atoms with Gasteiger partial charge in [0.2, 0.25) is 0 Å². The lowest BCUT2D eigenvalue weighted by Crippen LogP contribution is -2.27. The van der Waals surface area contributed by atoms with Gasteiger partial charge in [0.05, 0.1) is 26.0 Å². The molecular weight excluding hydrogens is 342 g/mol. The predicted octanol–water partition coefficient (Wildman–Crippen LogP) is 3.51. The predicted molar refractivity (Wildman–Crippen MR) is 102 cm³/mol. The van der Waals surface area contributed by atoms with Crippen molar-refractivity contribution in [3.63, 3.8) is 0 Å². The molecule has 1 aliphatic carbocycles. The number of methoxy groups -OCH3 is 2. The summed E-state index contributed by atoms with van der Waals surface area (Å²) in [7, 11) is 3.20. The first kappa shape index (κ1) is 17.1. The summed E-state index contributed by atoms with van der Waals surface area (Å²) in [5.41, 5.74) is 4.36. The number of carbonyl (C=O) groups is 1. The number of H-pyrrole nitrogens is 1. The van der Waals surface area contributed by atoms with E-state index < -0.39 is 0 Å². The number of hydrogen-bond acceptors (Lipinski definition) is 4. The van der Waals surface area contributed by atoms with Crippen molar-refractivity contribution in [2.75, 3.05) is 14.2 Å². The number of benzene rings is 2. The maximum absolute atomic E-state index is 12.7. The molecule has 6 nitrogen and oxygen atoms in total. The minimum Gasteiger partial charge on any atom is -0.497 e. The molecule has 1 amide bonds. The first-order chi connectivity index (χ1) is 13.2. The van der Waals surface area contributed by atoms with Crippen molar-refractivity contribution in [3.8, 4) is 22.8 Å². The van der Waals surface area contributed by atoms with Gasteiger partial charge < -0.3 is 14.8 Å². The van der Waals surface area contributed by atoms with Crippen LogP contribution in [0.2, 0.25) is 0 Å². The number of rotatable bonds is 5. The lowest BCUT2D eigenvalue weighted by molar-refractivity contribution is 0.0931. The van der Waals surface area contributed by atoms with Gasteiger partial charge in [-0.2, -0.15) is 5.10 Å². The van der Waals surface area contributed by atoms with Gasteiger partial charge in [-0.1, -0.05) is 24.3 Å². The van der Waals surface area contributed by atoms with Gasteiger partial charge >= 0.3 is 0 Å². The number of nitrogens with zero attached hydrogens (tertiary/aromatic N) is 1. The number of nitrogens with one attached hydrogen (secondary N) is 2. The molecule has 0 unspecified atom stereocenters. The molecule has 6 heteroatoms. The smallest absolute Gasteiger partial charge is 0.269 e. The average molecular weight is 363 g/mol. The third kappa shape index (κ3) is 3.26. The molecule has 0 saturated heterocycles. The number of amides is 1. The Bertz CT molecular complexity index is 980. The van der Waals surface area contributed by atoms with E-state index in [9.17, 15) is 4.79 Å². The number of aromatic nitrogens is 2. The van der Waals surface area contributed by atoms with Gasteiger partial charge in [0.25, 0.3) is 5.91 Å². The van der Waals surface area contributed by atoms with Crippen LogP contribution in [0.4, 0.5) is 0 Å². The van der Waals surface area contributed by atoms with Crippen LogP contribution in [0.1, 0.15) is 34.1 Å². The molecule has 1 atom stereocenters. The molecule has 0 spiro atoms. The Morgan fingerprint density at radius 2 is 2.00 bits per heavy atom. The average Bonchev–Trinajstić information content (AvgIpc) is 3.35. The van der Waals surface area contributed by atoms with Crippen LogP contribution in [-0.4, -0.2) is 30.3 Å². The van der Waals surface area contributed by atoms with Gasteiger partial charge in [-0.25, -0.2) is 0 Å². The largest absolute Gasteiger partial charge is 0.497 e. The molecule has 2 N–H and O–H groups in total. The maximum atomic E-state index is 12.7. The Hall–Kier alpha value is -3.28. The lowest BCUT2D eigenvalue weighted by atomic mass is 10.1. The minimum atomic E-state index is -0.164. The van der Waals surface area contributed by atoms with Crippen LogP contribution < -0.4 is 14.8 Å². The number of aromatic amines is 1. The molecule has 27 heavy (non-hydrogen) atoms. The van der Waals surface area contributed by atoms with Gasteiger partial charge in [0.15, 0.2) is 0 Å². The van der Waals surface area contributed by atoms with Gasteiger partial charge in [-0.3, -0.25) is 9.89 Å². The number of carbonyl (C=O) groups excluding carboxylic acids is 1. The van der Waals surface area contributed by atoms with E-state index in [1.54, 1.807) is 26.4 Å². The fraction of sp³-hybridized carbons (Fsp3) is 0.238. The highest BCUT2D eigenvalue weighted by molar-refractivity contribution is 5.94. The summed E-state index contributed by atoms with van der Waals surface area (Å²) in [5, 5.41) is 10.2. The maximum Gasteiger partial charge on any atom is 0.269 e. The second-order valence-corrected chi connectivity index (χ2v) is 6.50. The molecule has 0 saturated carbocycles. The van der Waals surface area contributed by atoms with E-state index in [0.717, 1.165) is 18.4 Å². The summed E-state index contributed by atoms with van der Waals surface area (Å²) in [5.74, 6) is 1.17. The Labute approximate surface area is 157 Å². The summed E-state index contributed by atoms with van der Waals surface area (Å²) in [6.45, 7) is 0. The van der Waals surface area contributed by atoms with Crippen LogP contribution in [0.25, 0.3) is 11.3 Å². The van der Waals surface area contributed by atoms with Crippen molar-refractivity contribution in [2.45, 2.75) is 18.9 Å². The molecule has 2 aromatic carbocycles. The van der Waals surface area contributed by atoms with Gasteiger partial charge in [0.1, 0.15) is 17.2 Å². The van der Waals surface area contributed by atoms with Crippen molar-refractivity contribution >= 4 is 5.91 Å². The standard InChI is InChI=1S/C21H21N3O3/c1-26-14-8-9-16(20(11-14)27-2)18-12-19(24-23-18)21(25)22-17-10-7-13-5-3-4-6-15(13)17/h3-6,8-9,11-12,17H,7,10H2,1-2H3,(H,22,25)(H,23,24)/t17-/m1/s1. The van der Waals surface area contributed by atoms with E-state index in [1.807, 2.05) is 24.3 Å². The van der Waals surface area contributed by atoms with Crippen molar-refractivity contribution in [3.05, 3.63) is 65.4 Å². The van der Waals surface area contributed by atoms with Crippen LogP contribution in [0.5, 0.6) is 11.5 Å². The monoisotopic (exact) mass is 363 g/mol. The fourth-order valence-corrected chi connectivity index (χ4v) is 3.53. The molecule has 1 heterocycles. The summed E-state index contributed by atoms with van der Waals surface area (Å²) in [6.07, 6.45) is 1.90. The van der Waals surface area contributed by atoms with Gasteiger partial charge in [-0.05, 0) is 42.2 Å². The molecule has 1 aromatic heterocycles. The molecule has 1 aliphatic rings. The number of fused-ring (bicyclic) bond motifs is 1. The van der Waals surface area contributed by atoms with Crippen molar-refractivity contribution in [1.29, 1.82) is 0 Å². The topological polar surface area (TPSA) is 76.2 Å². The molecule has 0 fully saturated rings. The minimum absolute atomic E-state index is 0.0379. The van der Waals surface area contributed by atoms with Crippen LogP contribution >= 0.6 is 0 Å². The first-order valence-corrected chi connectivity index (χ1v) is 8.86. The molecule has 4 rings (SSSR count). The Morgan fingerprint density at radius 1 is 1.15 bits per heavy atom. The van der Waals surface area contributed by atoms with E-state index >= 15 is 0 Å². The zero-order valence-electron chi connectivity index (χ0n) is 15.3. The number of aryl methyl sites for hydroxylation is 1. The van der Waals surface area contributed by atoms with E-state index in [0.29, 0.717) is 22.9 Å². The van der Waals surface area contributed by atoms with Crippen molar-refractivity contribution in [2.24, 2.45) is 0 Å². The van der Waals surface area contributed by atoms with Gasteiger partial charge in [-0.15, -0.1) is 0 Å². The van der Waals surface area contributed by atoms with E-state index in [-0.39, 0.29) is 11.9 Å². The first-order valence-electron chi connectivity index (χ1n) is 8.86. The SMILES string of the molecule is COc1ccc(-c2cc(C(=O)N[C@@H]3CCc4ccccc43)[nH]n2)c(OC)c1. The molecule has 138 valence electrons. The highest BCUT2D eigenvalue weighted by Gasteiger charge is 2.24. The van der Waals surface area contributed by atoms with Crippen LogP contribution in [0, 0.1) is 0 Å². The second kappa shape index (κ2) is 7.15. The molecule has 0 aliphatic heterocycles. The highest BCUT2D eigenvalue weighted by Crippen LogP contribution is 2.33. The molecule has 3 aromatic rings. The van der Waals surface area contributed by atoms with E-state index in [1.165, 1.54) is 11.1 Å².